The van der Waals surface area contributed by atoms with Gasteiger partial charge in [0, 0.05) is 24.5 Å². The first-order chi connectivity index (χ1) is 9.19. The van der Waals surface area contributed by atoms with Crippen molar-refractivity contribution in [3.8, 4) is 0 Å². The molecule has 0 aliphatic heterocycles. The van der Waals surface area contributed by atoms with Crippen LogP contribution in [0.4, 0.5) is 11.6 Å². The summed E-state index contributed by atoms with van der Waals surface area (Å²) in [5, 5.41) is 6.26. The normalized spacial score (nSPS) is 10.0. The number of nitrogens with one attached hydrogen (secondary N) is 2. The second-order valence-electron chi connectivity index (χ2n) is 3.78. The molecule has 2 aromatic heterocycles. The summed E-state index contributed by atoms with van der Waals surface area (Å²) in [4.78, 5) is 20.1. The average Bonchev–Trinajstić information content (AvgIpc) is 2.42. The number of hydrogen-bond acceptors (Lipinski definition) is 4. The van der Waals surface area contributed by atoms with Gasteiger partial charge in [0.2, 0.25) is 0 Å². The number of aromatic nitrogens is 2. The maximum absolute atomic E-state index is 12.0. The van der Waals surface area contributed by atoms with Crippen LogP contribution in [-0.2, 0) is 0 Å². The average molecular weight is 277 g/mol. The molecule has 0 aliphatic carbocycles. The van der Waals surface area contributed by atoms with Crippen LogP contribution in [0.1, 0.15) is 17.3 Å². The molecule has 1 amide bonds. The van der Waals surface area contributed by atoms with E-state index in [-0.39, 0.29) is 5.91 Å². The molecule has 2 rings (SSSR count). The summed E-state index contributed by atoms with van der Waals surface area (Å²) in [6.07, 6.45) is 3.07. The van der Waals surface area contributed by atoms with E-state index >= 15 is 0 Å². The number of halogens is 1. The third kappa shape index (κ3) is 3.66. The Morgan fingerprint density at radius 3 is 2.79 bits per heavy atom. The van der Waals surface area contributed by atoms with Gasteiger partial charge >= 0.3 is 0 Å². The van der Waals surface area contributed by atoms with Crippen LogP contribution in [0, 0.1) is 0 Å². The molecular weight excluding hydrogens is 264 g/mol. The van der Waals surface area contributed by atoms with Gasteiger partial charge in [0.1, 0.15) is 11.6 Å². The zero-order valence-corrected chi connectivity index (χ0v) is 11.1. The van der Waals surface area contributed by atoms with Gasteiger partial charge in [-0.15, -0.1) is 0 Å². The Hall–Kier alpha value is -2.14. The molecule has 0 aliphatic rings. The maximum atomic E-state index is 12.0. The van der Waals surface area contributed by atoms with Gasteiger partial charge in [-0.1, -0.05) is 11.6 Å². The van der Waals surface area contributed by atoms with E-state index in [2.05, 4.69) is 20.6 Å². The van der Waals surface area contributed by atoms with Gasteiger partial charge in [-0.05, 0) is 31.2 Å². The molecule has 0 saturated heterocycles. The fraction of sp³-hybridized carbons (Fsp3) is 0.154. The van der Waals surface area contributed by atoms with Gasteiger partial charge in [-0.2, -0.15) is 0 Å². The predicted molar refractivity (Wildman–Crippen MR) is 75.6 cm³/mol. The van der Waals surface area contributed by atoms with E-state index in [1.54, 1.807) is 30.5 Å². The minimum atomic E-state index is -0.239. The number of anilines is 2. The monoisotopic (exact) mass is 276 g/mol. The summed E-state index contributed by atoms with van der Waals surface area (Å²) in [6, 6.07) is 6.65. The van der Waals surface area contributed by atoms with Gasteiger partial charge in [-0.25, -0.2) is 9.97 Å². The topological polar surface area (TPSA) is 66.9 Å². The van der Waals surface area contributed by atoms with E-state index < -0.39 is 0 Å². The van der Waals surface area contributed by atoms with Crippen LogP contribution in [0.15, 0.2) is 36.7 Å². The number of rotatable bonds is 4. The van der Waals surface area contributed by atoms with Crippen molar-refractivity contribution in [1.29, 1.82) is 0 Å². The lowest BCUT2D eigenvalue weighted by atomic mass is 10.2. The molecule has 0 atom stereocenters. The van der Waals surface area contributed by atoms with Crippen LogP contribution in [0.25, 0.3) is 0 Å². The summed E-state index contributed by atoms with van der Waals surface area (Å²) in [5.41, 5.74) is 0.516. The van der Waals surface area contributed by atoms with Crippen molar-refractivity contribution in [3.63, 3.8) is 0 Å². The minimum Gasteiger partial charge on any atom is -0.370 e. The lowest BCUT2D eigenvalue weighted by Crippen LogP contribution is -2.13. The number of pyridine rings is 2. The van der Waals surface area contributed by atoms with Crippen LogP contribution < -0.4 is 10.6 Å². The summed E-state index contributed by atoms with van der Waals surface area (Å²) < 4.78 is 0. The van der Waals surface area contributed by atoms with Gasteiger partial charge in [0.25, 0.3) is 5.91 Å². The van der Waals surface area contributed by atoms with Crippen molar-refractivity contribution in [3.05, 3.63) is 47.2 Å². The Bertz CT molecular complexity index is 571. The molecule has 0 unspecified atom stereocenters. The molecule has 0 bridgehead atoms. The first kappa shape index (κ1) is 13.3. The highest BCUT2D eigenvalue weighted by atomic mass is 35.5. The molecule has 98 valence electrons. The molecule has 0 radical (unpaired) electrons. The van der Waals surface area contributed by atoms with Crippen LogP contribution in [-0.4, -0.2) is 22.4 Å². The van der Waals surface area contributed by atoms with Gasteiger partial charge in [0.05, 0.1) is 5.02 Å². The Balaban J connectivity index is 2.11. The highest BCUT2D eigenvalue weighted by Crippen LogP contribution is 2.12. The molecule has 6 heteroatoms. The maximum Gasteiger partial charge on any atom is 0.257 e. The van der Waals surface area contributed by atoms with E-state index in [0.717, 1.165) is 6.54 Å². The van der Waals surface area contributed by atoms with Crippen molar-refractivity contribution in [1.82, 2.24) is 9.97 Å². The van der Waals surface area contributed by atoms with Gasteiger partial charge in [-0.3, -0.25) is 4.79 Å². The van der Waals surface area contributed by atoms with E-state index in [1.807, 2.05) is 6.92 Å². The molecule has 0 spiro atoms. The van der Waals surface area contributed by atoms with Crippen molar-refractivity contribution in [2.75, 3.05) is 17.2 Å². The lowest BCUT2D eigenvalue weighted by molar-refractivity contribution is 0.102. The Kier molecular flexibility index (Phi) is 4.30. The van der Waals surface area contributed by atoms with Gasteiger partial charge < -0.3 is 10.6 Å². The molecule has 2 aromatic rings. The molecule has 2 heterocycles. The van der Waals surface area contributed by atoms with E-state index in [4.69, 9.17) is 11.6 Å². The molecule has 0 fully saturated rings. The Morgan fingerprint density at radius 1 is 1.26 bits per heavy atom. The van der Waals surface area contributed by atoms with Crippen LogP contribution >= 0.6 is 11.6 Å². The van der Waals surface area contributed by atoms with Gasteiger partial charge in [0.15, 0.2) is 0 Å². The number of carbonyl (C=O) groups excluding carboxylic acids is 1. The standard InChI is InChI=1S/C13H13ClN4O/c1-2-15-12-7-9(5-6-16-12)13(19)18-11-4-3-10(14)8-17-11/h3-8H,2H2,1H3,(H,15,16)(H,17,18,19). The summed E-state index contributed by atoms with van der Waals surface area (Å²) in [5.74, 6) is 0.881. The lowest BCUT2D eigenvalue weighted by Gasteiger charge is -2.06. The predicted octanol–water partition coefficient (Wildman–Crippen LogP) is 2.81. The highest BCUT2D eigenvalue weighted by Gasteiger charge is 2.07. The third-order valence-corrected chi connectivity index (χ3v) is 2.57. The van der Waals surface area contributed by atoms with Crippen molar-refractivity contribution in [2.45, 2.75) is 6.92 Å². The largest absolute Gasteiger partial charge is 0.370 e. The fourth-order valence-electron chi connectivity index (χ4n) is 1.49. The number of carbonyl (C=O) groups is 1. The summed E-state index contributed by atoms with van der Waals surface area (Å²) in [6.45, 7) is 2.71. The zero-order chi connectivity index (χ0) is 13.7. The quantitative estimate of drug-likeness (QED) is 0.901. The van der Waals surface area contributed by atoms with Crippen molar-refractivity contribution >= 4 is 29.1 Å². The van der Waals surface area contributed by atoms with E-state index in [9.17, 15) is 4.79 Å². The van der Waals surface area contributed by atoms with Crippen LogP contribution in [0.2, 0.25) is 5.02 Å². The van der Waals surface area contributed by atoms with Crippen LogP contribution in [0.5, 0.6) is 0 Å². The number of nitrogens with zero attached hydrogens (tertiary/aromatic N) is 2. The second kappa shape index (κ2) is 6.15. The minimum absolute atomic E-state index is 0.239. The molecule has 0 aromatic carbocycles. The molecule has 0 saturated carbocycles. The van der Waals surface area contributed by atoms with Crippen molar-refractivity contribution in [2.24, 2.45) is 0 Å². The SMILES string of the molecule is CCNc1cc(C(=O)Nc2ccc(Cl)cn2)ccn1. The summed E-state index contributed by atoms with van der Waals surface area (Å²) >= 11 is 5.73. The zero-order valence-electron chi connectivity index (χ0n) is 10.4. The Labute approximate surface area is 116 Å². The highest BCUT2D eigenvalue weighted by molar-refractivity contribution is 6.30. The first-order valence-electron chi connectivity index (χ1n) is 5.82. The Morgan fingerprint density at radius 2 is 2.11 bits per heavy atom. The number of hydrogen-bond donors (Lipinski definition) is 2. The number of amides is 1. The molecule has 19 heavy (non-hydrogen) atoms. The fourth-order valence-corrected chi connectivity index (χ4v) is 1.60. The summed E-state index contributed by atoms with van der Waals surface area (Å²) in [7, 11) is 0. The molecular formula is C13H13ClN4O. The van der Waals surface area contributed by atoms with E-state index in [0.29, 0.717) is 22.2 Å². The smallest absolute Gasteiger partial charge is 0.257 e. The van der Waals surface area contributed by atoms with E-state index in [1.165, 1.54) is 6.20 Å². The molecule has 2 N–H and O–H groups in total. The second-order valence-corrected chi connectivity index (χ2v) is 4.21. The van der Waals surface area contributed by atoms with Crippen LogP contribution in [0.3, 0.4) is 0 Å². The van der Waals surface area contributed by atoms with Crippen molar-refractivity contribution < 1.29 is 4.79 Å². The third-order valence-electron chi connectivity index (χ3n) is 2.35. The molecule has 5 nitrogen and oxygen atoms in total. The first-order valence-corrected chi connectivity index (χ1v) is 6.19.